The molecule has 0 atom stereocenters. The fraction of sp³-hybridized carbons (Fsp3) is 0.500. The van der Waals surface area contributed by atoms with Crippen LogP contribution in [0.15, 0.2) is 18.2 Å². The van der Waals surface area contributed by atoms with Gasteiger partial charge in [0.1, 0.15) is 5.82 Å². The van der Waals surface area contributed by atoms with Crippen LogP contribution in [0.4, 0.5) is 4.39 Å². The van der Waals surface area contributed by atoms with Crippen molar-refractivity contribution in [1.82, 2.24) is 4.90 Å². The molecule has 96 valence electrons. The summed E-state index contributed by atoms with van der Waals surface area (Å²) >= 11 is 0. The number of aliphatic hydroxyl groups excluding tert-OH is 1. The summed E-state index contributed by atoms with van der Waals surface area (Å²) in [5, 5.41) is 18.1. The Morgan fingerprint density at radius 1 is 1.39 bits per heavy atom. The van der Waals surface area contributed by atoms with Crippen LogP contribution in [0, 0.1) is 23.1 Å². The molecule has 18 heavy (non-hydrogen) atoms. The fourth-order valence-corrected chi connectivity index (χ4v) is 2.37. The van der Waals surface area contributed by atoms with Crippen LogP contribution in [0.2, 0.25) is 0 Å². The van der Waals surface area contributed by atoms with E-state index in [1.54, 1.807) is 0 Å². The Morgan fingerprint density at radius 2 is 2.11 bits per heavy atom. The van der Waals surface area contributed by atoms with Gasteiger partial charge in [-0.05, 0) is 55.6 Å². The Morgan fingerprint density at radius 3 is 2.72 bits per heavy atom. The lowest BCUT2D eigenvalue weighted by atomic mass is 9.97. The van der Waals surface area contributed by atoms with E-state index < -0.39 is 0 Å². The predicted octanol–water partition coefficient (Wildman–Crippen LogP) is 1.90. The zero-order valence-electron chi connectivity index (χ0n) is 10.3. The summed E-state index contributed by atoms with van der Waals surface area (Å²) in [4.78, 5) is 2.21. The van der Waals surface area contributed by atoms with Crippen molar-refractivity contribution in [2.24, 2.45) is 5.92 Å². The van der Waals surface area contributed by atoms with Crippen LogP contribution in [0.5, 0.6) is 0 Å². The first kappa shape index (κ1) is 13.0. The van der Waals surface area contributed by atoms with E-state index >= 15 is 0 Å². The smallest absolute Gasteiger partial charge is 0.123 e. The van der Waals surface area contributed by atoms with E-state index in [1.165, 1.54) is 18.2 Å². The number of likely N-dealkylation sites (tertiary alicyclic amines) is 1. The summed E-state index contributed by atoms with van der Waals surface area (Å²) in [6, 6.07) is 6.39. The molecule has 0 spiro atoms. The van der Waals surface area contributed by atoms with Crippen molar-refractivity contribution in [3.63, 3.8) is 0 Å². The molecule has 0 radical (unpaired) electrons. The molecule has 0 unspecified atom stereocenters. The molecule has 1 saturated heterocycles. The van der Waals surface area contributed by atoms with E-state index in [1.807, 2.05) is 0 Å². The van der Waals surface area contributed by atoms with Gasteiger partial charge in [-0.2, -0.15) is 5.26 Å². The van der Waals surface area contributed by atoms with Crippen molar-refractivity contribution >= 4 is 0 Å². The van der Waals surface area contributed by atoms with Crippen LogP contribution in [-0.2, 0) is 6.54 Å². The number of piperidine rings is 1. The standard InChI is InChI=1S/C14H17FN2O/c15-14-2-1-12(8-16)13(7-14)9-17-5-3-11(10-18)4-6-17/h1-2,7,11,18H,3-6,9-10H2. The van der Waals surface area contributed by atoms with Gasteiger partial charge in [0.25, 0.3) is 0 Å². The number of aliphatic hydroxyl groups is 1. The maximum absolute atomic E-state index is 13.2. The van der Waals surface area contributed by atoms with Gasteiger partial charge in [-0.15, -0.1) is 0 Å². The lowest BCUT2D eigenvalue weighted by molar-refractivity contribution is 0.127. The SMILES string of the molecule is N#Cc1ccc(F)cc1CN1CCC(CO)CC1. The highest BCUT2D eigenvalue weighted by Gasteiger charge is 2.19. The first-order chi connectivity index (χ1) is 8.72. The molecule has 0 aliphatic carbocycles. The third-order valence-corrected chi connectivity index (χ3v) is 3.55. The quantitative estimate of drug-likeness (QED) is 0.888. The number of benzene rings is 1. The minimum Gasteiger partial charge on any atom is -0.396 e. The molecule has 1 fully saturated rings. The van der Waals surface area contributed by atoms with Gasteiger partial charge in [0.15, 0.2) is 0 Å². The van der Waals surface area contributed by atoms with E-state index in [0.29, 0.717) is 18.0 Å². The highest BCUT2D eigenvalue weighted by Crippen LogP contribution is 2.20. The number of halogens is 1. The Kier molecular flexibility index (Phi) is 4.29. The van der Waals surface area contributed by atoms with Crippen LogP contribution in [0.3, 0.4) is 0 Å². The van der Waals surface area contributed by atoms with Crippen LogP contribution in [0.1, 0.15) is 24.0 Å². The summed E-state index contributed by atoms with van der Waals surface area (Å²) in [5.41, 5.74) is 1.29. The van der Waals surface area contributed by atoms with Gasteiger partial charge in [-0.25, -0.2) is 4.39 Å². The van der Waals surface area contributed by atoms with Crippen LogP contribution >= 0.6 is 0 Å². The maximum Gasteiger partial charge on any atom is 0.123 e. The molecular weight excluding hydrogens is 231 g/mol. The van der Waals surface area contributed by atoms with E-state index in [2.05, 4.69) is 11.0 Å². The van der Waals surface area contributed by atoms with Crippen molar-refractivity contribution in [3.8, 4) is 6.07 Å². The van der Waals surface area contributed by atoms with E-state index in [0.717, 1.165) is 31.5 Å². The fourth-order valence-electron chi connectivity index (χ4n) is 2.37. The molecule has 0 bridgehead atoms. The molecule has 1 aliphatic heterocycles. The average Bonchev–Trinajstić information content (AvgIpc) is 2.40. The third kappa shape index (κ3) is 3.06. The first-order valence-electron chi connectivity index (χ1n) is 6.24. The number of hydrogen-bond donors (Lipinski definition) is 1. The summed E-state index contributed by atoms with van der Waals surface area (Å²) in [5.74, 6) is 0.0958. The molecular formula is C14H17FN2O. The van der Waals surface area contributed by atoms with Gasteiger partial charge < -0.3 is 5.11 Å². The number of hydrogen-bond acceptors (Lipinski definition) is 3. The van der Waals surface area contributed by atoms with Crippen LogP contribution < -0.4 is 0 Å². The van der Waals surface area contributed by atoms with Crippen molar-refractivity contribution in [1.29, 1.82) is 5.26 Å². The molecule has 2 rings (SSSR count). The Bertz CT molecular complexity index is 448. The molecule has 1 heterocycles. The Hall–Kier alpha value is -1.44. The average molecular weight is 248 g/mol. The van der Waals surface area contributed by atoms with E-state index in [9.17, 15) is 4.39 Å². The van der Waals surface area contributed by atoms with Crippen molar-refractivity contribution in [3.05, 3.63) is 35.1 Å². The molecule has 0 amide bonds. The number of rotatable bonds is 3. The van der Waals surface area contributed by atoms with E-state index in [4.69, 9.17) is 10.4 Å². The minimum atomic E-state index is -0.297. The van der Waals surface area contributed by atoms with Crippen LogP contribution in [-0.4, -0.2) is 29.7 Å². The van der Waals surface area contributed by atoms with Crippen molar-refractivity contribution in [2.45, 2.75) is 19.4 Å². The van der Waals surface area contributed by atoms with Gasteiger partial charge in [-0.1, -0.05) is 0 Å². The lowest BCUT2D eigenvalue weighted by Crippen LogP contribution is -2.34. The second kappa shape index (κ2) is 5.94. The van der Waals surface area contributed by atoms with Gasteiger partial charge >= 0.3 is 0 Å². The zero-order chi connectivity index (χ0) is 13.0. The molecule has 1 N–H and O–H groups in total. The van der Waals surface area contributed by atoms with Gasteiger partial charge in [0.2, 0.25) is 0 Å². The second-order valence-corrected chi connectivity index (χ2v) is 4.82. The van der Waals surface area contributed by atoms with Crippen LogP contribution in [0.25, 0.3) is 0 Å². The molecule has 0 saturated carbocycles. The topological polar surface area (TPSA) is 47.3 Å². The summed E-state index contributed by atoms with van der Waals surface area (Å²) in [7, 11) is 0. The van der Waals surface area contributed by atoms with Gasteiger partial charge in [0.05, 0.1) is 11.6 Å². The zero-order valence-corrected chi connectivity index (χ0v) is 10.3. The molecule has 0 aromatic heterocycles. The number of nitrogens with zero attached hydrogens (tertiary/aromatic N) is 2. The molecule has 4 heteroatoms. The largest absolute Gasteiger partial charge is 0.396 e. The highest BCUT2D eigenvalue weighted by molar-refractivity contribution is 5.37. The molecule has 3 nitrogen and oxygen atoms in total. The Labute approximate surface area is 106 Å². The molecule has 1 aromatic rings. The van der Waals surface area contributed by atoms with E-state index in [-0.39, 0.29) is 12.4 Å². The lowest BCUT2D eigenvalue weighted by Gasteiger charge is -2.31. The Balaban J connectivity index is 2.02. The monoisotopic (exact) mass is 248 g/mol. The summed E-state index contributed by atoms with van der Waals surface area (Å²) < 4.78 is 13.2. The summed E-state index contributed by atoms with van der Waals surface area (Å²) in [6.45, 7) is 2.65. The van der Waals surface area contributed by atoms with Crippen molar-refractivity contribution < 1.29 is 9.50 Å². The highest BCUT2D eigenvalue weighted by atomic mass is 19.1. The third-order valence-electron chi connectivity index (χ3n) is 3.55. The van der Waals surface area contributed by atoms with Crippen molar-refractivity contribution in [2.75, 3.05) is 19.7 Å². The van der Waals surface area contributed by atoms with Gasteiger partial charge in [0, 0.05) is 13.2 Å². The number of nitriles is 1. The second-order valence-electron chi connectivity index (χ2n) is 4.82. The normalized spacial score (nSPS) is 17.6. The summed E-state index contributed by atoms with van der Waals surface area (Å²) in [6.07, 6.45) is 1.93. The molecule has 1 aliphatic rings. The van der Waals surface area contributed by atoms with Gasteiger partial charge in [-0.3, -0.25) is 4.90 Å². The predicted molar refractivity (Wildman–Crippen MR) is 66.2 cm³/mol. The maximum atomic E-state index is 13.2. The molecule has 1 aromatic carbocycles. The minimum absolute atomic E-state index is 0.247. The first-order valence-corrected chi connectivity index (χ1v) is 6.24.